The monoisotopic (exact) mass is 311 g/mol. The Morgan fingerprint density at radius 3 is 2.52 bits per heavy atom. The van der Waals surface area contributed by atoms with Gasteiger partial charge in [-0.25, -0.2) is 0 Å². The van der Waals surface area contributed by atoms with Crippen molar-refractivity contribution in [2.45, 2.75) is 6.92 Å². The van der Waals surface area contributed by atoms with Gasteiger partial charge in [-0.3, -0.25) is 0 Å². The Bertz CT molecular complexity index is 1370. The third-order valence-corrected chi connectivity index (χ3v) is 6.17. The van der Waals surface area contributed by atoms with Gasteiger partial charge in [0.15, 0.2) is 0 Å². The summed E-state index contributed by atoms with van der Waals surface area (Å²) in [5, 5.41) is 5.48. The lowest BCUT2D eigenvalue weighted by Crippen LogP contribution is -1.80. The minimum Gasteiger partial charge on any atom is -0.306 e. The second-order valence-corrected chi connectivity index (χ2v) is 7.39. The third kappa shape index (κ3) is 1.30. The Morgan fingerprint density at radius 2 is 1.57 bits per heavy atom. The van der Waals surface area contributed by atoms with Gasteiger partial charge in [-0.05, 0) is 25.1 Å². The Labute approximate surface area is 136 Å². The van der Waals surface area contributed by atoms with E-state index < -0.39 is 0 Å². The number of hydrogen-bond acceptors (Lipinski definition) is 1. The molecule has 0 aliphatic heterocycles. The molecule has 0 fully saturated rings. The average molecular weight is 311 g/mol. The molecule has 0 saturated heterocycles. The van der Waals surface area contributed by atoms with Crippen molar-refractivity contribution in [2.75, 3.05) is 0 Å². The van der Waals surface area contributed by atoms with Gasteiger partial charge in [-0.2, -0.15) is 0 Å². The summed E-state index contributed by atoms with van der Waals surface area (Å²) in [5.41, 5.74) is 5.38. The zero-order chi connectivity index (χ0) is 15.1. The topological polar surface area (TPSA) is 4.41 Å². The largest absolute Gasteiger partial charge is 0.306 e. The molecule has 3 aromatic heterocycles. The highest BCUT2D eigenvalue weighted by Crippen LogP contribution is 2.45. The normalized spacial score (nSPS) is 12.6. The van der Waals surface area contributed by atoms with E-state index in [1.165, 1.54) is 53.1 Å². The Balaban J connectivity index is 2.07. The molecule has 0 atom stereocenters. The van der Waals surface area contributed by atoms with Crippen LogP contribution in [0.2, 0.25) is 0 Å². The molecule has 23 heavy (non-hydrogen) atoms. The number of hydrogen-bond donors (Lipinski definition) is 0. The van der Waals surface area contributed by atoms with Crippen molar-refractivity contribution in [3.8, 4) is 0 Å². The molecular formula is C21H13NS. The molecule has 0 amide bonds. The molecule has 6 rings (SSSR count). The molecule has 2 heteroatoms. The van der Waals surface area contributed by atoms with Gasteiger partial charge in [0.2, 0.25) is 0 Å². The summed E-state index contributed by atoms with van der Waals surface area (Å²) in [5.74, 6) is 0. The molecule has 0 bridgehead atoms. The maximum absolute atomic E-state index is 2.48. The van der Waals surface area contributed by atoms with Crippen LogP contribution in [0.5, 0.6) is 0 Å². The third-order valence-electron chi connectivity index (χ3n) is 4.98. The first-order chi connectivity index (χ1) is 11.3. The first-order valence-electron chi connectivity index (χ1n) is 7.89. The van der Waals surface area contributed by atoms with E-state index in [0.717, 1.165) is 0 Å². The molecule has 0 N–H and O–H groups in total. The quantitative estimate of drug-likeness (QED) is 0.307. The van der Waals surface area contributed by atoms with Crippen LogP contribution in [0.25, 0.3) is 47.5 Å². The van der Waals surface area contributed by atoms with Crippen LogP contribution < -0.4 is 0 Å². The van der Waals surface area contributed by atoms with E-state index >= 15 is 0 Å². The molecular weight excluding hydrogens is 298 g/mol. The van der Waals surface area contributed by atoms with E-state index in [2.05, 4.69) is 72.0 Å². The van der Waals surface area contributed by atoms with Crippen LogP contribution >= 0.6 is 11.3 Å². The highest BCUT2D eigenvalue weighted by atomic mass is 32.1. The summed E-state index contributed by atoms with van der Waals surface area (Å²) < 4.78 is 5.26. The van der Waals surface area contributed by atoms with Crippen molar-refractivity contribution < 1.29 is 0 Å². The van der Waals surface area contributed by atoms with Gasteiger partial charge in [-0.1, -0.05) is 48.0 Å². The zero-order valence-corrected chi connectivity index (χ0v) is 13.4. The molecule has 1 nitrogen and oxygen atoms in total. The maximum Gasteiger partial charge on any atom is 0.0728 e. The van der Waals surface area contributed by atoms with E-state index in [0.29, 0.717) is 0 Å². The molecule has 6 aromatic rings. The molecule has 0 saturated carbocycles. The van der Waals surface area contributed by atoms with Gasteiger partial charge >= 0.3 is 0 Å². The summed E-state index contributed by atoms with van der Waals surface area (Å²) in [4.78, 5) is 0. The van der Waals surface area contributed by atoms with Crippen LogP contribution in [0.3, 0.4) is 0 Å². The van der Waals surface area contributed by atoms with Crippen molar-refractivity contribution in [2.24, 2.45) is 0 Å². The second-order valence-electron chi connectivity index (χ2n) is 6.33. The lowest BCUT2D eigenvalue weighted by Gasteiger charge is -1.97. The van der Waals surface area contributed by atoms with Gasteiger partial charge in [0.25, 0.3) is 0 Å². The van der Waals surface area contributed by atoms with Crippen LogP contribution in [-0.2, 0) is 0 Å². The molecule has 3 heterocycles. The number of thiophene rings is 1. The van der Waals surface area contributed by atoms with Crippen LogP contribution in [0.15, 0.2) is 60.7 Å². The molecule has 0 spiro atoms. The molecule has 0 aliphatic rings. The van der Waals surface area contributed by atoms with Crippen LogP contribution in [0.4, 0.5) is 0 Å². The number of nitrogens with zero attached hydrogens (tertiary/aromatic N) is 1. The van der Waals surface area contributed by atoms with Crippen LogP contribution in [-0.4, -0.2) is 4.40 Å². The van der Waals surface area contributed by atoms with Crippen molar-refractivity contribution in [3.05, 3.63) is 66.2 Å². The summed E-state index contributed by atoms with van der Waals surface area (Å²) in [6, 6.07) is 22.3. The van der Waals surface area contributed by atoms with Crippen molar-refractivity contribution in [3.63, 3.8) is 0 Å². The molecule has 0 aliphatic carbocycles. The SMILES string of the molecule is Cc1ccc2c(c1)c1cccc3c4sc5ccccc5c4n2c13. The van der Waals surface area contributed by atoms with Crippen LogP contribution in [0.1, 0.15) is 5.56 Å². The Morgan fingerprint density at radius 1 is 0.739 bits per heavy atom. The molecule has 0 unspecified atom stereocenters. The summed E-state index contributed by atoms with van der Waals surface area (Å²) in [7, 11) is 0. The van der Waals surface area contributed by atoms with E-state index in [4.69, 9.17) is 0 Å². The smallest absolute Gasteiger partial charge is 0.0728 e. The lowest BCUT2D eigenvalue weighted by molar-refractivity contribution is 1.38. The summed E-state index contributed by atoms with van der Waals surface area (Å²) in [6.45, 7) is 2.17. The summed E-state index contributed by atoms with van der Waals surface area (Å²) in [6.07, 6.45) is 0. The number of aryl methyl sites for hydroxylation is 1. The number of benzene rings is 3. The molecule has 108 valence electrons. The zero-order valence-electron chi connectivity index (χ0n) is 12.6. The van der Waals surface area contributed by atoms with Gasteiger partial charge in [-0.15, -0.1) is 11.3 Å². The van der Waals surface area contributed by atoms with Gasteiger partial charge in [0.05, 0.1) is 21.3 Å². The molecule has 3 aromatic carbocycles. The van der Waals surface area contributed by atoms with Crippen molar-refractivity contribution in [1.29, 1.82) is 0 Å². The van der Waals surface area contributed by atoms with E-state index in [1.807, 2.05) is 11.3 Å². The second kappa shape index (κ2) is 3.84. The minimum absolute atomic E-state index is 1.32. The Hall–Kier alpha value is -2.58. The average Bonchev–Trinajstić information content (AvgIpc) is 3.19. The van der Waals surface area contributed by atoms with Crippen molar-refractivity contribution in [1.82, 2.24) is 4.40 Å². The summed E-state index contributed by atoms with van der Waals surface area (Å²) >= 11 is 1.91. The number of aromatic nitrogens is 1. The van der Waals surface area contributed by atoms with E-state index in [-0.39, 0.29) is 0 Å². The minimum atomic E-state index is 1.32. The first-order valence-corrected chi connectivity index (χ1v) is 8.70. The maximum atomic E-state index is 2.48. The lowest BCUT2D eigenvalue weighted by atomic mass is 10.1. The highest BCUT2D eigenvalue weighted by Gasteiger charge is 2.20. The number of fused-ring (bicyclic) bond motifs is 8. The fourth-order valence-electron chi connectivity index (χ4n) is 4.03. The van der Waals surface area contributed by atoms with E-state index in [9.17, 15) is 0 Å². The standard InChI is InChI=1S/C21H13NS/c1-12-9-10-17-16(11-12)13-6-4-7-15-19(13)22(17)20-14-5-2-3-8-18(14)23-21(15)20/h2-11H,1H3. The molecule has 0 radical (unpaired) electrons. The fraction of sp³-hybridized carbons (Fsp3) is 0.0476. The number of para-hydroxylation sites is 1. The highest BCUT2D eigenvalue weighted by molar-refractivity contribution is 7.26. The van der Waals surface area contributed by atoms with Crippen molar-refractivity contribution >= 4 is 58.8 Å². The van der Waals surface area contributed by atoms with Crippen LogP contribution in [0, 0.1) is 6.92 Å². The number of rotatable bonds is 0. The van der Waals surface area contributed by atoms with Gasteiger partial charge < -0.3 is 4.40 Å². The fourth-order valence-corrected chi connectivity index (χ4v) is 5.25. The predicted octanol–water partition coefficient (Wildman–Crippen LogP) is 6.36. The predicted molar refractivity (Wildman–Crippen MR) is 101 cm³/mol. The van der Waals surface area contributed by atoms with Gasteiger partial charge in [0.1, 0.15) is 0 Å². The Kier molecular flexibility index (Phi) is 1.99. The first kappa shape index (κ1) is 11.9. The van der Waals surface area contributed by atoms with Gasteiger partial charge in [0, 0.05) is 26.2 Å². The van der Waals surface area contributed by atoms with E-state index in [1.54, 1.807) is 0 Å².